The summed E-state index contributed by atoms with van der Waals surface area (Å²) >= 11 is 1.64. The zero-order valence-corrected chi connectivity index (χ0v) is 15.9. The first-order chi connectivity index (χ1) is 12.0. The van der Waals surface area contributed by atoms with Gasteiger partial charge in [0.05, 0.1) is 4.88 Å². The van der Waals surface area contributed by atoms with Crippen LogP contribution in [0.2, 0.25) is 0 Å². The van der Waals surface area contributed by atoms with Crippen molar-refractivity contribution in [3.05, 3.63) is 33.1 Å². The normalized spacial score (nSPS) is 21.2. The number of hydrogen-bond donors (Lipinski definition) is 1. The first-order valence-corrected chi connectivity index (χ1v) is 10.1. The van der Waals surface area contributed by atoms with Gasteiger partial charge in [0.15, 0.2) is 5.82 Å². The molecule has 2 unspecified atom stereocenters. The van der Waals surface area contributed by atoms with Gasteiger partial charge < -0.3 is 9.84 Å². The van der Waals surface area contributed by atoms with E-state index >= 15 is 0 Å². The van der Waals surface area contributed by atoms with Crippen LogP contribution >= 0.6 is 11.3 Å². The summed E-state index contributed by atoms with van der Waals surface area (Å²) in [6, 6.07) is 1.83. The fourth-order valence-corrected chi connectivity index (χ4v) is 4.54. The van der Waals surface area contributed by atoms with Crippen LogP contribution in [0.4, 0.5) is 0 Å². The summed E-state index contributed by atoms with van der Waals surface area (Å²) < 4.78 is 5.45. The van der Waals surface area contributed by atoms with E-state index in [0.717, 1.165) is 36.4 Å². The van der Waals surface area contributed by atoms with Crippen molar-refractivity contribution in [2.45, 2.75) is 64.8 Å². The van der Waals surface area contributed by atoms with Gasteiger partial charge in [0.2, 0.25) is 5.89 Å². The van der Waals surface area contributed by atoms with Gasteiger partial charge in [0, 0.05) is 10.8 Å². The number of nitrogens with one attached hydrogen (secondary N) is 1. The lowest BCUT2D eigenvalue weighted by atomic mass is 9.90. The lowest BCUT2D eigenvalue weighted by molar-refractivity contribution is 0.0918. The van der Waals surface area contributed by atoms with E-state index in [1.54, 1.807) is 11.3 Å². The third-order valence-electron chi connectivity index (χ3n) is 5.17. The van der Waals surface area contributed by atoms with Crippen LogP contribution in [0, 0.1) is 11.8 Å². The highest BCUT2D eigenvalue weighted by molar-refractivity contribution is 7.14. The smallest absolute Gasteiger partial charge is 0.262 e. The lowest BCUT2D eigenvalue weighted by Crippen LogP contribution is -2.31. The summed E-state index contributed by atoms with van der Waals surface area (Å²) in [5.74, 6) is 2.63. The van der Waals surface area contributed by atoms with Gasteiger partial charge in [0.25, 0.3) is 5.91 Å². The molecule has 1 fully saturated rings. The number of thiophene rings is 1. The fraction of sp³-hybridized carbons (Fsp3) is 0.632. The minimum Gasteiger partial charge on any atom is -0.339 e. The van der Waals surface area contributed by atoms with Gasteiger partial charge in [-0.3, -0.25) is 4.79 Å². The van der Waals surface area contributed by atoms with E-state index in [9.17, 15) is 4.79 Å². The Morgan fingerprint density at radius 2 is 2.16 bits per heavy atom. The quantitative estimate of drug-likeness (QED) is 0.866. The molecule has 5 nitrogen and oxygen atoms in total. The van der Waals surface area contributed by atoms with E-state index in [4.69, 9.17) is 4.52 Å². The number of rotatable bonds is 5. The summed E-state index contributed by atoms with van der Waals surface area (Å²) in [6.07, 6.45) is 5.67. The fourth-order valence-electron chi connectivity index (χ4n) is 3.42. The van der Waals surface area contributed by atoms with E-state index in [-0.39, 0.29) is 17.9 Å². The van der Waals surface area contributed by atoms with Crippen LogP contribution in [0.5, 0.6) is 0 Å². The average molecular weight is 359 g/mol. The molecule has 2 aliphatic carbocycles. The topological polar surface area (TPSA) is 68.0 Å². The molecule has 25 heavy (non-hydrogen) atoms. The predicted molar refractivity (Wildman–Crippen MR) is 96.8 cm³/mol. The van der Waals surface area contributed by atoms with Crippen molar-refractivity contribution >= 4 is 17.2 Å². The van der Waals surface area contributed by atoms with Crippen molar-refractivity contribution in [2.24, 2.45) is 11.8 Å². The van der Waals surface area contributed by atoms with Crippen LogP contribution in [0.1, 0.15) is 83.8 Å². The van der Waals surface area contributed by atoms with Crippen LogP contribution < -0.4 is 5.32 Å². The minimum atomic E-state index is -0.245. The van der Waals surface area contributed by atoms with Crippen LogP contribution in [-0.2, 0) is 12.8 Å². The SMILES string of the molecule is CC1CCc2sc(C(=O)NC(c3nc(C4CC4)no3)C(C)C)cc2C1. The monoisotopic (exact) mass is 359 g/mol. The van der Waals surface area contributed by atoms with Gasteiger partial charge in [-0.05, 0) is 55.6 Å². The molecule has 0 aromatic carbocycles. The number of nitrogens with zero attached hydrogens (tertiary/aromatic N) is 2. The van der Waals surface area contributed by atoms with Crippen molar-refractivity contribution in [1.82, 2.24) is 15.5 Å². The molecule has 2 aromatic heterocycles. The van der Waals surface area contributed by atoms with Crippen molar-refractivity contribution in [1.29, 1.82) is 0 Å². The molecule has 0 bridgehead atoms. The van der Waals surface area contributed by atoms with Gasteiger partial charge >= 0.3 is 0 Å². The number of carbonyl (C=O) groups is 1. The number of aryl methyl sites for hydroxylation is 1. The highest BCUT2D eigenvalue weighted by Crippen LogP contribution is 2.39. The Morgan fingerprint density at radius 1 is 1.36 bits per heavy atom. The van der Waals surface area contributed by atoms with Crippen LogP contribution in [0.15, 0.2) is 10.6 Å². The maximum Gasteiger partial charge on any atom is 0.262 e. The molecular formula is C19H25N3O2S. The molecular weight excluding hydrogens is 334 g/mol. The van der Waals surface area contributed by atoms with E-state index in [1.165, 1.54) is 16.9 Å². The Kier molecular flexibility index (Phi) is 4.40. The standard InChI is InChI=1S/C19H25N3O2S/c1-10(2)16(19-21-17(22-24-19)12-5-6-12)20-18(23)15-9-13-8-11(3)4-7-14(13)25-15/h9-12,16H,4-8H2,1-3H3,(H,20,23). The third kappa shape index (κ3) is 3.50. The predicted octanol–water partition coefficient (Wildman–Crippen LogP) is 4.26. The third-order valence-corrected chi connectivity index (χ3v) is 6.41. The zero-order valence-electron chi connectivity index (χ0n) is 15.0. The maximum atomic E-state index is 12.8. The summed E-state index contributed by atoms with van der Waals surface area (Å²) in [5.41, 5.74) is 1.35. The summed E-state index contributed by atoms with van der Waals surface area (Å²) in [4.78, 5) is 19.5. The lowest BCUT2D eigenvalue weighted by Gasteiger charge is -2.18. The second-order valence-corrected chi connectivity index (χ2v) is 9.00. The molecule has 6 heteroatoms. The van der Waals surface area contributed by atoms with Crippen LogP contribution in [0.3, 0.4) is 0 Å². The second kappa shape index (κ2) is 6.56. The molecule has 2 aliphatic rings. The molecule has 2 heterocycles. The molecule has 1 N–H and O–H groups in total. The Balaban J connectivity index is 1.50. The molecule has 1 amide bonds. The molecule has 134 valence electrons. The molecule has 0 saturated heterocycles. The number of hydrogen-bond acceptors (Lipinski definition) is 5. The minimum absolute atomic E-state index is 0.0306. The summed E-state index contributed by atoms with van der Waals surface area (Å²) in [6.45, 7) is 6.41. The van der Waals surface area contributed by atoms with Gasteiger partial charge in [-0.25, -0.2) is 0 Å². The molecule has 2 aromatic rings. The first-order valence-electron chi connectivity index (χ1n) is 9.27. The van der Waals surface area contributed by atoms with E-state index in [1.807, 2.05) is 0 Å². The number of amides is 1. The van der Waals surface area contributed by atoms with Gasteiger partial charge in [-0.2, -0.15) is 4.98 Å². The van der Waals surface area contributed by atoms with Gasteiger partial charge in [-0.1, -0.05) is 25.9 Å². The number of aromatic nitrogens is 2. The Morgan fingerprint density at radius 3 is 2.88 bits per heavy atom. The maximum absolute atomic E-state index is 12.8. The van der Waals surface area contributed by atoms with Crippen molar-refractivity contribution in [3.63, 3.8) is 0 Å². The van der Waals surface area contributed by atoms with Crippen molar-refractivity contribution in [3.8, 4) is 0 Å². The van der Waals surface area contributed by atoms with Crippen molar-refractivity contribution in [2.75, 3.05) is 0 Å². The summed E-state index contributed by atoms with van der Waals surface area (Å²) in [5, 5.41) is 7.21. The highest BCUT2D eigenvalue weighted by atomic mass is 32.1. The number of fused-ring (bicyclic) bond motifs is 1. The molecule has 2 atom stereocenters. The van der Waals surface area contributed by atoms with E-state index in [2.05, 4.69) is 42.3 Å². The Bertz CT molecular complexity index is 775. The molecule has 0 radical (unpaired) electrons. The zero-order chi connectivity index (χ0) is 17.6. The Hall–Kier alpha value is -1.69. The largest absolute Gasteiger partial charge is 0.339 e. The van der Waals surface area contributed by atoms with Crippen LogP contribution in [0.25, 0.3) is 0 Å². The second-order valence-electron chi connectivity index (χ2n) is 7.87. The summed E-state index contributed by atoms with van der Waals surface area (Å²) in [7, 11) is 0. The van der Waals surface area contributed by atoms with Crippen molar-refractivity contribution < 1.29 is 9.32 Å². The first kappa shape index (κ1) is 16.8. The number of carbonyl (C=O) groups excluding carboxylic acids is 1. The highest BCUT2D eigenvalue weighted by Gasteiger charge is 2.32. The Labute approximate surface area is 152 Å². The molecule has 0 aliphatic heterocycles. The molecule has 4 rings (SSSR count). The van der Waals surface area contributed by atoms with E-state index in [0.29, 0.717) is 17.7 Å². The molecule has 0 spiro atoms. The van der Waals surface area contributed by atoms with E-state index < -0.39 is 0 Å². The molecule has 1 saturated carbocycles. The van der Waals surface area contributed by atoms with Crippen LogP contribution in [-0.4, -0.2) is 16.0 Å². The van der Waals surface area contributed by atoms with Gasteiger partial charge in [-0.15, -0.1) is 11.3 Å². The average Bonchev–Trinajstić information content (AvgIpc) is 3.16. The van der Waals surface area contributed by atoms with Gasteiger partial charge in [0.1, 0.15) is 6.04 Å².